The van der Waals surface area contributed by atoms with Crippen LogP contribution in [0.5, 0.6) is 5.75 Å². The zero-order valence-electron chi connectivity index (χ0n) is 15.1. The molecule has 3 aliphatic rings. The van der Waals surface area contributed by atoms with Gasteiger partial charge in [-0.05, 0) is 55.4 Å². The second-order valence-corrected chi connectivity index (χ2v) is 7.49. The fourth-order valence-corrected chi connectivity index (χ4v) is 3.86. The number of aryl methyl sites for hydroxylation is 2. The molecule has 2 heterocycles. The van der Waals surface area contributed by atoms with E-state index in [2.05, 4.69) is 34.0 Å². The van der Waals surface area contributed by atoms with Crippen LogP contribution in [0.3, 0.4) is 0 Å². The van der Waals surface area contributed by atoms with E-state index in [9.17, 15) is 4.79 Å². The average molecular weight is 357 g/mol. The molecule has 6 heteroatoms. The number of benzene rings is 1. The third-order valence-electron chi connectivity index (χ3n) is 5.52. The maximum atomic E-state index is 12.0. The summed E-state index contributed by atoms with van der Waals surface area (Å²) in [5, 5.41) is 6.84. The van der Waals surface area contributed by atoms with Gasteiger partial charge < -0.3 is 20.2 Å². The summed E-state index contributed by atoms with van der Waals surface area (Å²) in [7, 11) is 0. The van der Waals surface area contributed by atoms with Gasteiger partial charge >= 0.3 is 0 Å². The van der Waals surface area contributed by atoms with Gasteiger partial charge in [-0.1, -0.05) is 6.07 Å². The first kappa shape index (κ1) is 17.3. The van der Waals surface area contributed by atoms with Gasteiger partial charge in [0.1, 0.15) is 5.75 Å². The Morgan fingerprint density at radius 3 is 3.04 bits per heavy atom. The van der Waals surface area contributed by atoms with Gasteiger partial charge in [0.15, 0.2) is 0 Å². The lowest BCUT2D eigenvalue weighted by Gasteiger charge is -2.29. The second-order valence-electron chi connectivity index (χ2n) is 7.49. The highest BCUT2D eigenvalue weighted by molar-refractivity contribution is 5.94. The molecule has 1 amide bonds. The highest BCUT2D eigenvalue weighted by Gasteiger charge is 2.25. The summed E-state index contributed by atoms with van der Waals surface area (Å²) in [5.74, 6) is 1.25. The molecule has 1 aromatic carbocycles. The minimum Gasteiger partial charge on any atom is -0.493 e. The van der Waals surface area contributed by atoms with Crippen LogP contribution >= 0.6 is 0 Å². The number of carbonyl (C=O) groups excluding carboxylic acids is 1. The number of rotatable bonds is 6. The Labute approximate surface area is 154 Å². The minimum atomic E-state index is -0.160. The maximum Gasteiger partial charge on any atom is 0.230 e. The molecule has 4 rings (SSSR count). The van der Waals surface area contributed by atoms with Crippen LogP contribution in [0.25, 0.3) is 0 Å². The topological polar surface area (TPSA) is 72.0 Å². The van der Waals surface area contributed by atoms with Gasteiger partial charge in [-0.3, -0.25) is 4.79 Å². The smallest absolute Gasteiger partial charge is 0.230 e. The lowest BCUT2D eigenvalue weighted by molar-refractivity contribution is -0.123. The van der Waals surface area contributed by atoms with Crippen LogP contribution in [0.1, 0.15) is 30.4 Å². The molecular weight excluding hydrogens is 330 g/mol. The van der Waals surface area contributed by atoms with Crippen LogP contribution in [0.2, 0.25) is 0 Å². The Bertz CT molecular complexity index is 668. The highest BCUT2D eigenvalue weighted by Crippen LogP contribution is 2.27. The van der Waals surface area contributed by atoms with Crippen molar-refractivity contribution in [1.82, 2.24) is 10.7 Å². The molecule has 140 valence electrons. The summed E-state index contributed by atoms with van der Waals surface area (Å²) in [6.45, 7) is 2.54. The predicted molar refractivity (Wildman–Crippen MR) is 99.4 cm³/mol. The molecule has 2 aliphatic heterocycles. The molecular formula is C20H27N3O3. The van der Waals surface area contributed by atoms with Crippen molar-refractivity contribution in [1.29, 1.82) is 0 Å². The van der Waals surface area contributed by atoms with Crippen molar-refractivity contribution < 1.29 is 14.3 Å². The summed E-state index contributed by atoms with van der Waals surface area (Å²) < 4.78 is 11.9. The Hall–Kier alpha value is -2.08. The zero-order valence-corrected chi connectivity index (χ0v) is 15.1. The lowest BCUT2D eigenvalue weighted by atomic mass is 9.99. The van der Waals surface area contributed by atoms with Gasteiger partial charge in [-0.15, -0.1) is 0 Å². The standard InChI is InChI=1S/C20H27N3O3/c24-20(17-9-22-23-10-17)21-11-19-6-4-14(13-26-19)12-25-18-7-5-15-2-1-3-16(15)8-18/h5,7-9,14,17,19,23H,1-4,6,10-13H2,(H,21,24)/t14-,17?,19+/m0/s1. The van der Waals surface area contributed by atoms with Gasteiger partial charge in [0.25, 0.3) is 0 Å². The highest BCUT2D eigenvalue weighted by atomic mass is 16.5. The number of carbonyl (C=O) groups is 1. The lowest BCUT2D eigenvalue weighted by Crippen LogP contribution is -2.41. The Morgan fingerprint density at radius 2 is 2.23 bits per heavy atom. The molecule has 0 aromatic heterocycles. The van der Waals surface area contributed by atoms with E-state index in [1.54, 1.807) is 6.21 Å². The molecule has 0 radical (unpaired) electrons. The normalized spacial score (nSPS) is 27.0. The Morgan fingerprint density at radius 1 is 1.31 bits per heavy atom. The van der Waals surface area contributed by atoms with E-state index in [0.717, 1.165) is 18.6 Å². The van der Waals surface area contributed by atoms with Crippen molar-refractivity contribution in [3.63, 3.8) is 0 Å². The van der Waals surface area contributed by atoms with E-state index in [1.165, 1.54) is 30.4 Å². The van der Waals surface area contributed by atoms with E-state index >= 15 is 0 Å². The van der Waals surface area contributed by atoms with Crippen molar-refractivity contribution in [3.8, 4) is 5.75 Å². The number of nitrogens with zero attached hydrogens (tertiary/aromatic N) is 1. The van der Waals surface area contributed by atoms with Gasteiger partial charge in [0.2, 0.25) is 5.91 Å². The minimum absolute atomic E-state index is 0.0180. The first-order valence-electron chi connectivity index (χ1n) is 9.68. The number of hydrogen-bond donors (Lipinski definition) is 2. The van der Waals surface area contributed by atoms with Crippen molar-refractivity contribution >= 4 is 12.1 Å². The van der Waals surface area contributed by atoms with Crippen molar-refractivity contribution in [2.45, 2.75) is 38.2 Å². The van der Waals surface area contributed by atoms with Crippen LogP contribution in [0, 0.1) is 11.8 Å². The predicted octanol–water partition coefficient (Wildman–Crippen LogP) is 1.67. The van der Waals surface area contributed by atoms with Crippen molar-refractivity contribution in [3.05, 3.63) is 29.3 Å². The van der Waals surface area contributed by atoms with Crippen molar-refractivity contribution in [2.24, 2.45) is 16.9 Å². The van der Waals surface area contributed by atoms with Gasteiger partial charge in [0.05, 0.1) is 25.2 Å². The quantitative estimate of drug-likeness (QED) is 0.812. The van der Waals surface area contributed by atoms with E-state index in [4.69, 9.17) is 9.47 Å². The second kappa shape index (κ2) is 8.08. The van der Waals surface area contributed by atoms with Gasteiger partial charge in [-0.25, -0.2) is 0 Å². The van der Waals surface area contributed by atoms with E-state index in [0.29, 0.717) is 32.2 Å². The fraction of sp³-hybridized carbons (Fsp3) is 0.600. The molecule has 1 aliphatic carbocycles. The van der Waals surface area contributed by atoms with Crippen molar-refractivity contribution in [2.75, 3.05) is 26.3 Å². The van der Waals surface area contributed by atoms with Crippen LogP contribution < -0.4 is 15.5 Å². The van der Waals surface area contributed by atoms with Crippen LogP contribution in [-0.2, 0) is 22.4 Å². The zero-order chi connectivity index (χ0) is 17.8. The number of ether oxygens (including phenoxy) is 2. The monoisotopic (exact) mass is 357 g/mol. The van der Waals surface area contributed by atoms with E-state index < -0.39 is 0 Å². The molecule has 1 saturated heterocycles. The number of hydrazone groups is 1. The van der Waals surface area contributed by atoms with Crippen LogP contribution in [-0.4, -0.2) is 44.5 Å². The number of amides is 1. The summed E-state index contributed by atoms with van der Waals surface area (Å²) in [5.41, 5.74) is 5.72. The largest absolute Gasteiger partial charge is 0.493 e. The van der Waals surface area contributed by atoms with E-state index in [1.807, 2.05) is 0 Å². The summed E-state index contributed by atoms with van der Waals surface area (Å²) in [6.07, 6.45) is 7.42. The maximum absolute atomic E-state index is 12.0. The Kier molecular flexibility index (Phi) is 5.39. The third kappa shape index (κ3) is 4.18. The van der Waals surface area contributed by atoms with Crippen LogP contribution in [0.15, 0.2) is 23.3 Å². The summed E-state index contributed by atoms with van der Waals surface area (Å²) >= 11 is 0. The third-order valence-corrected chi connectivity index (χ3v) is 5.52. The SMILES string of the molecule is O=C(NC[C@H]1CC[C@@H](COc2ccc3c(c2)CCC3)CO1)C1C=NNC1. The number of nitrogens with one attached hydrogen (secondary N) is 2. The van der Waals surface area contributed by atoms with Gasteiger partial charge in [-0.2, -0.15) is 5.10 Å². The molecule has 6 nitrogen and oxygen atoms in total. The molecule has 0 spiro atoms. The molecule has 3 atom stereocenters. The first-order chi connectivity index (χ1) is 12.8. The first-order valence-corrected chi connectivity index (χ1v) is 9.68. The molecule has 0 bridgehead atoms. The molecule has 2 N–H and O–H groups in total. The van der Waals surface area contributed by atoms with E-state index in [-0.39, 0.29) is 17.9 Å². The molecule has 1 aromatic rings. The number of hydrogen-bond acceptors (Lipinski definition) is 5. The Balaban J connectivity index is 1.16. The average Bonchev–Trinajstić information content (AvgIpc) is 3.36. The van der Waals surface area contributed by atoms with Crippen LogP contribution in [0.4, 0.5) is 0 Å². The molecule has 1 unspecified atom stereocenters. The summed E-state index contributed by atoms with van der Waals surface area (Å²) in [6, 6.07) is 6.50. The summed E-state index contributed by atoms with van der Waals surface area (Å²) in [4.78, 5) is 12.0. The van der Waals surface area contributed by atoms with Gasteiger partial charge in [0, 0.05) is 25.2 Å². The number of fused-ring (bicyclic) bond motifs is 1. The molecule has 0 saturated carbocycles. The molecule has 26 heavy (non-hydrogen) atoms. The fourth-order valence-electron chi connectivity index (χ4n) is 3.86. The molecule has 1 fully saturated rings.